The number of nitrogens with zero attached hydrogens (tertiary/aromatic N) is 2. The second-order valence-corrected chi connectivity index (χ2v) is 8.48. The highest BCUT2D eigenvalue weighted by atomic mass is 32.2. The third-order valence-corrected chi connectivity index (χ3v) is 6.26. The number of ether oxygens (including phenoxy) is 3. The van der Waals surface area contributed by atoms with Gasteiger partial charge in [0.05, 0.1) is 50.6 Å². The molecule has 0 bridgehead atoms. The first-order valence-corrected chi connectivity index (χ1v) is 11.1. The monoisotopic (exact) mass is 441 g/mol. The SMILES string of the molecule is COc1ccc(-n2nc3c(c2NC(=O)Cc2ccc(OC)c(OC)c2)C[S@@](=O)C3)cc1. The zero-order chi connectivity index (χ0) is 22.0. The number of amides is 1. The Morgan fingerprint density at radius 3 is 2.45 bits per heavy atom. The number of carbonyl (C=O) groups is 1. The van der Waals surface area contributed by atoms with E-state index in [1.165, 1.54) is 0 Å². The van der Waals surface area contributed by atoms with E-state index < -0.39 is 10.8 Å². The molecule has 1 atom stereocenters. The number of carbonyl (C=O) groups excluding carboxylic acids is 1. The lowest BCUT2D eigenvalue weighted by molar-refractivity contribution is -0.115. The molecular weight excluding hydrogens is 418 g/mol. The van der Waals surface area contributed by atoms with Crippen LogP contribution < -0.4 is 19.5 Å². The molecule has 0 saturated carbocycles. The normalized spacial score (nSPS) is 14.7. The maximum atomic E-state index is 12.9. The Labute approximate surface area is 182 Å². The number of rotatable bonds is 7. The van der Waals surface area contributed by atoms with Crippen LogP contribution in [0.2, 0.25) is 0 Å². The van der Waals surface area contributed by atoms with Crippen LogP contribution in [-0.2, 0) is 33.5 Å². The lowest BCUT2D eigenvalue weighted by Gasteiger charge is -2.12. The number of aromatic nitrogens is 2. The third-order valence-electron chi connectivity index (χ3n) is 5.06. The van der Waals surface area contributed by atoms with Gasteiger partial charge in [-0.15, -0.1) is 0 Å². The Morgan fingerprint density at radius 1 is 1.03 bits per heavy atom. The summed E-state index contributed by atoms with van der Waals surface area (Å²) >= 11 is 0. The minimum absolute atomic E-state index is 0.145. The number of fused-ring (bicyclic) bond motifs is 1. The summed E-state index contributed by atoms with van der Waals surface area (Å²) in [6.45, 7) is 0. The molecular formula is C22H23N3O5S. The average Bonchev–Trinajstić information content (AvgIpc) is 3.30. The van der Waals surface area contributed by atoms with Crippen LogP contribution in [0.15, 0.2) is 42.5 Å². The summed E-state index contributed by atoms with van der Waals surface area (Å²) in [7, 11) is 3.72. The maximum absolute atomic E-state index is 12.9. The highest BCUT2D eigenvalue weighted by Gasteiger charge is 2.28. The summed E-state index contributed by atoms with van der Waals surface area (Å²) in [5, 5.41) is 7.59. The van der Waals surface area contributed by atoms with Gasteiger partial charge in [-0.2, -0.15) is 5.10 Å². The number of hydrogen-bond acceptors (Lipinski definition) is 6. The maximum Gasteiger partial charge on any atom is 0.229 e. The molecule has 0 radical (unpaired) electrons. The first kappa shape index (κ1) is 20.9. The minimum Gasteiger partial charge on any atom is -0.497 e. The minimum atomic E-state index is -1.01. The number of nitrogens with one attached hydrogen (secondary N) is 1. The fourth-order valence-electron chi connectivity index (χ4n) is 3.52. The van der Waals surface area contributed by atoms with Gasteiger partial charge in [-0.25, -0.2) is 4.68 Å². The van der Waals surface area contributed by atoms with Gasteiger partial charge in [0.2, 0.25) is 5.91 Å². The van der Waals surface area contributed by atoms with Gasteiger partial charge in [-0.3, -0.25) is 9.00 Å². The van der Waals surface area contributed by atoms with Gasteiger partial charge >= 0.3 is 0 Å². The van der Waals surface area contributed by atoms with Crippen molar-refractivity contribution in [2.24, 2.45) is 0 Å². The fourth-order valence-corrected chi connectivity index (χ4v) is 4.78. The number of hydrogen-bond donors (Lipinski definition) is 1. The van der Waals surface area contributed by atoms with Crippen LogP contribution in [0.1, 0.15) is 16.8 Å². The molecule has 0 fully saturated rings. The summed E-state index contributed by atoms with van der Waals surface area (Å²) in [5.74, 6) is 2.99. The molecule has 1 aliphatic heterocycles. The molecule has 2 heterocycles. The quantitative estimate of drug-likeness (QED) is 0.606. The Bertz CT molecular complexity index is 1140. The van der Waals surface area contributed by atoms with Crippen molar-refractivity contribution in [1.29, 1.82) is 0 Å². The van der Waals surface area contributed by atoms with Gasteiger partial charge < -0.3 is 19.5 Å². The van der Waals surface area contributed by atoms with Crippen LogP contribution in [0.4, 0.5) is 5.82 Å². The fraction of sp³-hybridized carbons (Fsp3) is 0.273. The van der Waals surface area contributed by atoms with E-state index in [9.17, 15) is 9.00 Å². The molecule has 0 spiro atoms. The van der Waals surface area contributed by atoms with Crippen molar-refractivity contribution in [3.8, 4) is 22.9 Å². The molecule has 0 saturated heterocycles. The second-order valence-electron chi connectivity index (χ2n) is 7.03. The van der Waals surface area contributed by atoms with E-state index in [-0.39, 0.29) is 12.3 Å². The Kier molecular flexibility index (Phi) is 5.94. The lowest BCUT2D eigenvalue weighted by Crippen LogP contribution is -2.18. The van der Waals surface area contributed by atoms with Crippen molar-refractivity contribution >= 4 is 22.5 Å². The van der Waals surface area contributed by atoms with Crippen LogP contribution in [0.3, 0.4) is 0 Å². The van der Waals surface area contributed by atoms with Crippen molar-refractivity contribution in [1.82, 2.24) is 9.78 Å². The molecule has 4 rings (SSSR count). The highest BCUT2D eigenvalue weighted by molar-refractivity contribution is 7.83. The number of methoxy groups -OCH3 is 3. The van der Waals surface area contributed by atoms with Crippen molar-refractivity contribution in [3.05, 3.63) is 59.3 Å². The molecule has 2 aromatic carbocycles. The molecule has 31 heavy (non-hydrogen) atoms. The molecule has 1 aromatic heterocycles. The second kappa shape index (κ2) is 8.81. The van der Waals surface area contributed by atoms with Gasteiger partial charge in [0.25, 0.3) is 0 Å². The molecule has 8 nitrogen and oxygen atoms in total. The van der Waals surface area contributed by atoms with Crippen molar-refractivity contribution in [2.75, 3.05) is 26.6 Å². The molecule has 0 unspecified atom stereocenters. The van der Waals surface area contributed by atoms with E-state index in [1.54, 1.807) is 38.1 Å². The van der Waals surface area contributed by atoms with E-state index in [0.717, 1.165) is 28.3 Å². The van der Waals surface area contributed by atoms with E-state index in [4.69, 9.17) is 14.2 Å². The largest absolute Gasteiger partial charge is 0.497 e. The number of anilines is 1. The summed E-state index contributed by atoms with van der Waals surface area (Å²) < 4.78 is 29.5. The predicted octanol–water partition coefficient (Wildman–Crippen LogP) is 2.84. The molecule has 1 N–H and O–H groups in total. The predicted molar refractivity (Wildman–Crippen MR) is 118 cm³/mol. The van der Waals surface area contributed by atoms with Gasteiger partial charge in [-0.1, -0.05) is 6.07 Å². The third kappa shape index (κ3) is 4.27. The molecule has 0 aliphatic carbocycles. The van der Waals surface area contributed by atoms with Crippen molar-refractivity contribution < 1.29 is 23.2 Å². The van der Waals surface area contributed by atoms with Crippen molar-refractivity contribution in [2.45, 2.75) is 17.9 Å². The molecule has 1 aliphatic rings. The van der Waals surface area contributed by atoms with E-state index in [2.05, 4.69) is 10.4 Å². The van der Waals surface area contributed by atoms with Gasteiger partial charge in [0, 0.05) is 16.4 Å². The summed E-state index contributed by atoms with van der Waals surface area (Å²) in [6.07, 6.45) is 0.145. The Morgan fingerprint density at radius 2 is 1.77 bits per heavy atom. The van der Waals surface area contributed by atoms with Gasteiger partial charge in [-0.05, 0) is 42.0 Å². The van der Waals surface area contributed by atoms with E-state index in [1.807, 2.05) is 30.3 Å². The standard InChI is InChI=1S/C22H23N3O5S/c1-28-16-7-5-15(6-8-16)25-22(17-12-31(27)13-18(17)24-25)23-21(26)11-14-4-9-19(29-2)20(10-14)30-3/h4-10H,11-13H2,1-3H3,(H,23,26)/t31-/m1/s1. The van der Waals surface area contributed by atoms with Crippen LogP contribution in [0.5, 0.6) is 17.2 Å². The molecule has 1 amide bonds. The molecule has 3 aromatic rings. The van der Waals surface area contributed by atoms with Gasteiger partial charge in [0.1, 0.15) is 11.6 Å². The summed E-state index contributed by atoms with van der Waals surface area (Å²) in [4.78, 5) is 12.9. The zero-order valence-corrected chi connectivity index (χ0v) is 18.3. The smallest absolute Gasteiger partial charge is 0.229 e. The summed E-state index contributed by atoms with van der Waals surface area (Å²) in [6, 6.07) is 12.7. The first-order valence-electron chi connectivity index (χ1n) is 9.63. The Hall–Kier alpha value is -3.33. The van der Waals surface area contributed by atoms with Crippen LogP contribution in [-0.4, -0.2) is 41.2 Å². The van der Waals surface area contributed by atoms with Gasteiger partial charge in [0.15, 0.2) is 11.5 Å². The van der Waals surface area contributed by atoms with Crippen LogP contribution in [0, 0.1) is 0 Å². The summed E-state index contributed by atoms with van der Waals surface area (Å²) in [5.41, 5.74) is 3.12. The topological polar surface area (TPSA) is 91.7 Å². The molecule has 9 heteroatoms. The molecule has 162 valence electrons. The number of benzene rings is 2. The first-order chi connectivity index (χ1) is 15.0. The zero-order valence-electron chi connectivity index (χ0n) is 17.5. The highest BCUT2D eigenvalue weighted by Crippen LogP contribution is 2.32. The van der Waals surface area contributed by atoms with Crippen LogP contribution >= 0.6 is 0 Å². The average molecular weight is 442 g/mol. The van der Waals surface area contributed by atoms with E-state index >= 15 is 0 Å². The lowest BCUT2D eigenvalue weighted by atomic mass is 10.1. The Balaban J connectivity index is 1.61. The van der Waals surface area contributed by atoms with Crippen molar-refractivity contribution in [3.63, 3.8) is 0 Å². The van der Waals surface area contributed by atoms with Crippen LogP contribution in [0.25, 0.3) is 5.69 Å². The van der Waals surface area contributed by atoms with E-state index in [0.29, 0.717) is 28.8 Å².